The number of benzene rings is 1. The van der Waals surface area contributed by atoms with Crippen LogP contribution in [-0.4, -0.2) is 55.2 Å². The molecule has 0 atom stereocenters. The zero-order chi connectivity index (χ0) is 21.1. The number of hydrogen-bond donors (Lipinski definition) is 3. The summed E-state index contributed by atoms with van der Waals surface area (Å²) in [5.74, 6) is 0.384. The Hall–Kier alpha value is -2.98. The molecule has 1 aromatic carbocycles. The van der Waals surface area contributed by atoms with Gasteiger partial charge in [0.2, 0.25) is 5.82 Å². The molecule has 0 saturated carbocycles. The second-order valence-corrected chi connectivity index (χ2v) is 7.65. The molecule has 2 fully saturated rings. The number of nitrogens with one attached hydrogen (secondary N) is 2. The van der Waals surface area contributed by atoms with E-state index in [1.165, 1.54) is 12.1 Å². The van der Waals surface area contributed by atoms with Gasteiger partial charge in [-0.15, -0.1) is 0 Å². The van der Waals surface area contributed by atoms with E-state index < -0.39 is 4.92 Å². The van der Waals surface area contributed by atoms with Crippen molar-refractivity contribution in [3.63, 3.8) is 0 Å². The van der Waals surface area contributed by atoms with Crippen LogP contribution in [0.1, 0.15) is 12.8 Å². The first-order chi connectivity index (χ1) is 14.5. The van der Waals surface area contributed by atoms with Gasteiger partial charge >= 0.3 is 5.69 Å². The molecule has 30 heavy (non-hydrogen) atoms. The average Bonchev–Trinajstić information content (AvgIpc) is 2.75. The molecule has 4 rings (SSSR count). The lowest BCUT2D eigenvalue weighted by atomic mass is 10.1. The third-order valence-corrected chi connectivity index (χ3v) is 5.59. The lowest BCUT2D eigenvalue weighted by molar-refractivity contribution is -0.384. The normalized spacial score (nSPS) is 17.8. The summed E-state index contributed by atoms with van der Waals surface area (Å²) in [6.45, 7) is 4.63. The number of pyridine rings is 1. The summed E-state index contributed by atoms with van der Waals surface area (Å²) >= 11 is 0. The fourth-order valence-corrected chi connectivity index (χ4v) is 3.87. The first-order valence-electron chi connectivity index (χ1n) is 10.2. The van der Waals surface area contributed by atoms with Crippen LogP contribution < -0.4 is 26.2 Å². The minimum absolute atomic E-state index is 0.104. The Labute approximate surface area is 174 Å². The van der Waals surface area contributed by atoms with Crippen molar-refractivity contribution in [1.29, 1.82) is 0 Å². The van der Waals surface area contributed by atoms with Gasteiger partial charge in [-0.1, -0.05) is 0 Å². The Morgan fingerprint density at radius 1 is 1.13 bits per heavy atom. The number of hydrogen-bond acceptors (Lipinski definition) is 8. The van der Waals surface area contributed by atoms with E-state index in [-0.39, 0.29) is 23.4 Å². The highest BCUT2D eigenvalue weighted by Gasteiger charge is 2.22. The van der Waals surface area contributed by atoms with Gasteiger partial charge in [-0.3, -0.25) is 10.1 Å². The second-order valence-electron chi connectivity index (χ2n) is 7.65. The van der Waals surface area contributed by atoms with E-state index in [1.807, 2.05) is 4.90 Å². The maximum atomic E-state index is 14.8. The minimum Gasteiger partial charge on any atom is -0.369 e. The van der Waals surface area contributed by atoms with Gasteiger partial charge in [-0.25, -0.2) is 9.37 Å². The molecule has 2 aromatic rings. The van der Waals surface area contributed by atoms with Crippen molar-refractivity contribution in [2.75, 3.05) is 54.4 Å². The molecule has 0 radical (unpaired) electrons. The number of anilines is 4. The molecule has 2 aliphatic heterocycles. The summed E-state index contributed by atoms with van der Waals surface area (Å²) in [7, 11) is 0. The smallest absolute Gasteiger partial charge is 0.311 e. The highest BCUT2D eigenvalue weighted by molar-refractivity contribution is 5.69. The van der Waals surface area contributed by atoms with Gasteiger partial charge in [-0.05, 0) is 37.1 Å². The number of nitrogens with two attached hydrogens (primary N) is 1. The fraction of sp³-hybridized carbons (Fsp3) is 0.450. The fourth-order valence-electron chi connectivity index (χ4n) is 3.87. The molecule has 9 nitrogen and oxygen atoms in total. The molecule has 0 spiro atoms. The van der Waals surface area contributed by atoms with Crippen molar-refractivity contribution >= 4 is 28.7 Å². The molecular weight excluding hydrogens is 389 g/mol. The summed E-state index contributed by atoms with van der Waals surface area (Å²) in [6, 6.07) is 8.02. The molecule has 0 unspecified atom stereocenters. The van der Waals surface area contributed by atoms with Crippen molar-refractivity contribution in [3.8, 4) is 0 Å². The first kappa shape index (κ1) is 20.3. The molecule has 2 aliphatic rings. The van der Waals surface area contributed by atoms with Gasteiger partial charge in [0.1, 0.15) is 11.6 Å². The monoisotopic (exact) mass is 415 g/mol. The number of piperidine rings is 1. The largest absolute Gasteiger partial charge is 0.369 e. The average molecular weight is 415 g/mol. The van der Waals surface area contributed by atoms with E-state index in [2.05, 4.69) is 20.5 Å². The van der Waals surface area contributed by atoms with Crippen molar-refractivity contribution in [1.82, 2.24) is 10.3 Å². The molecule has 2 saturated heterocycles. The van der Waals surface area contributed by atoms with Crippen LogP contribution >= 0.6 is 0 Å². The maximum Gasteiger partial charge on any atom is 0.311 e. The highest BCUT2D eigenvalue weighted by atomic mass is 19.1. The summed E-state index contributed by atoms with van der Waals surface area (Å²) in [4.78, 5) is 19.5. The van der Waals surface area contributed by atoms with Crippen LogP contribution in [0.4, 0.5) is 33.1 Å². The molecule has 0 bridgehead atoms. The Bertz CT molecular complexity index is 912. The topological polar surface area (TPSA) is 113 Å². The van der Waals surface area contributed by atoms with Crippen LogP contribution in [0.25, 0.3) is 0 Å². The molecule has 3 heterocycles. The van der Waals surface area contributed by atoms with E-state index in [1.54, 1.807) is 18.2 Å². The lowest BCUT2D eigenvalue weighted by Crippen LogP contribution is -2.43. The number of aromatic nitrogens is 1. The number of rotatable bonds is 5. The summed E-state index contributed by atoms with van der Waals surface area (Å²) < 4.78 is 14.8. The summed E-state index contributed by atoms with van der Waals surface area (Å²) in [5.41, 5.74) is 6.71. The van der Waals surface area contributed by atoms with E-state index in [0.29, 0.717) is 30.3 Å². The van der Waals surface area contributed by atoms with Crippen LogP contribution in [0.2, 0.25) is 0 Å². The summed E-state index contributed by atoms with van der Waals surface area (Å²) in [6.07, 6.45) is 1.66. The third-order valence-electron chi connectivity index (χ3n) is 5.59. The molecular formula is C20H26FN7O2. The molecule has 160 valence electrons. The van der Waals surface area contributed by atoms with Crippen molar-refractivity contribution < 1.29 is 9.31 Å². The predicted molar refractivity (Wildman–Crippen MR) is 115 cm³/mol. The van der Waals surface area contributed by atoms with E-state index in [4.69, 9.17) is 5.73 Å². The van der Waals surface area contributed by atoms with Gasteiger partial charge in [0.25, 0.3) is 0 Å². The Kier molecular flexibility index (Phi) is 5.96. The number of nitro groups is 1. The Morgan fingerprint density at radius 3 is 2.53 bits per heavy atom. The van der Waals surface area contributed by atoms with Gasteiger partial charge < -0.3 is 26.2 Å². The SMILES string of the molecule is NC1CCN(c2ccc(Nc3nc(N4CCNCC4)ccc3[N+](=O)[O-])cc2F)CC1. The summed E-state index contributed by atoms with van der Waals surface area (Å²) in [5, 5.41) is 17.7. The quantitative estimate of drug-likeness (QED) is 0.503. The molecule has 0 amide bonds. The van der Waals surface area contributed by atoms with Crippen LogP contribution in [0.15, 0.2) is 30.3 Å². The van der Waals surface area contributed by atoms with E-state index >= 15 is 0 Å². The van der Waals surface area contributed by atoms with Crippen LogP contribution in [0.3, 0.4) is 0 Å². The zero-order valence-electron chi connectivity index (χ0n) is 16.7. The number of halogens is 1. The minimum atomic E-state index is -0.488. The zero-order valence-corrected chi connectivity index (χ0v) is 16.7. The van der Waals surface area contributed by atoms with Gasteiger partial charge in [0.05, 0.1) is 10.6 Å². The van der Waals surface area contributed by atoms with Crippen molar-refractivity contribution in [2.24, 2.45) is 5.73 Å². The van der Waals surface area contributed by atoms with Crippen LogP contribution in [-0.2, 0) is 0 Å². The van der Waals surface area contributed by atoms with E-state index in [9.17, 15) is 14.5 Å². The predicted octanol–water partition coefficient (Wildman–Crippen LogP) is 2.21. The Morgan fingerprint density at radius 2 is 1.87 bits per heavy atom. The van der Waals surface area contributed by atoms with Gasteiger partial charge in [0, 0.05) is 57.1 Å². The van der Waals surface area contributed by atoms with Crippen LogP contribution in [0.5, 0.6) is 0 Å². The molecule has 1 aromatic heterocycles. The maximum absolute atomic E-state index is 14.8. The Balaban J connectivity index is 1.56. The standard InChI is InChI=1S/C20H26FN7O2/c21-16-13-15(1-2-17(16)26-9-5-14(22)6-10-26)24-20-18(28(29)30)3-4-19(25-20)27-11-7-23-8-12-27/h1-4,13-14,23H,5-12,22H2,(H,24,25). The lowest BCUT2D eigenvalue weighted by Gasteiger charge is -2.32. The van der Waals surface area contributed by atoms with Gasteiger partial charge in [-0.2, -0.15) is 0 Å². The second kappa shape index (κ2) is 8.80. The third kappa shape index (κ3) is 4.44. The molecule has 10 heteroatoms. The van der Waals surface area contributed by atoms with Gasteiger partial charge in [0.15, 0.2) is 0 Å². The first-order valence-corrected chi connectivity index (χ1v) is 10.2. The van der Waals surface area contributed by atoms with Crippen LogP contribution in [0, 0.1) is 15.9 Å². The van der Waals surface area contributed by atoms with E-state index in [0.717, 1.165) is 39.0 Å². The molecule has 0 aliphatic carbocycles. The number of nitrogens with zero attached hydrogens (tertiary/aromatic N) is 4. The van der Waals surface area contributed by atoms with Crippen molar-refractivity contribution in [3.05, 3.63) is 46.3 Å². The highest BCUT2D eigenvalue weighted by Crippen LogP contribution is 2.31. The number of piperazine rings is 1. The molecule has 4 N–H and O–H groups in total. The van der Waals surface area contributed by atoms with Crippen molar-refractivity contribution in [2.45, 2.75) is 18.9 Å².